The normalized spacial score (nSPS) is 17.0. The molecule has 0 fully saturated rings. The van der Waals surface area contributed by atoms with E-state index >= 15 is 0 Å². The summed E-state index contributed by atoms with van der Waals surface area (Å²) in [5, 5.41) is 1.36. The minimum Gasteiger partial charge on any atom is -0.311 e. The average molecular weight is 769 g/mol. The zero-order valence-electron chi connectivity index (χ0n) is 37.0. The zero-order chi connectivity index (χ0) is 40.8. The van der Waals surface area contributed by atoms with Gasteiger partial charge in [-0.3, -0.25) is 0 Å². The molecule has 1 aliphatic carbocycles. The van der Waals surface area contributed by atoms with Crippen molar-refractivity contribution < 1.29 is 0 Å². The molecule has 0 saturated carbocycles. The van der Waals surface area contributed by atoms with Gasteiger partial charge in [0.15, 0.2) is 0 Å². The standard InChI is InChI=1S/C53H61BN2S/c1-32-26-43-46-44(27-32)56(37-20-21-39-40(31-37)53(13,14)25-24-52(39,11)12)47-38-29-34(50(5,6)7)19-23-45(38)57-48(47)54(46)41-22-18-35(51(8,9)10)30-42(41)55(43)36-17-15-16-33(28-36)49(2,3)4/h15-23,26-31H,24-25H2,1-14H3. The number of benzene rings is 5. The van der Waals surface area contributed by atoms with E-state index in [0.29, 0.717) is 0 Å². The van der Waals surface area contributed by atoms with Crippen LogP contribution in [0.3, 0.4) is 0 Å². The second-order valence-electron chi connectivity index (χ2n) is 21.9. The van der Waals surface area contributed by atoms with Crippen LogP contribution < -0.4 is 25.5 Å². The summed E-state index contributed by atoms with van der Waals surface area (Å²) in [5.41, 5.74) is 19.2. The van der Waals surface area contributed by atoms with Crippen LogP contribution in [0.1, 0.15) is 136 Å². The molecular formula is C53H61BN2S. The number of fused-ring (bicyclic) bond motifs is 7. The Kier molecular flexibility index (Phi) is 8.30. The number of hydrogen-bond donors (Lipinski definition) is 0. The first-order chi connectivity index (χ1) is 26.5. The fraction of sp³-hybridized carbons (Fsp3) is 0.396. The maximum atomic E-state index is 2.68. The van der Waals surface area contributed by atoms with Crippen LogP contribution >= 0.6 is 11.3 Å². The van der Waals surface area contributed by atoms with E-state index in [4.69, 9.17) is 0 Å². The SMILES string of the molecule is Cc1cc2c3c(c1)N(c1ccc4c(c1)C(C)(C)CCC4(C)C)c1c(sc4ccc(C(C)(C)C)cc14)B3c1ccc(C(C)(C)C)cc1N2c1cccc(C(C)(C)C)c1. The number of anilines is 6. The summed E-state index contributed by atoms with van der Waals surface area (Å²) < 4.78 is 2.80. The number of rotatable bonds is 2. The molecule has 0 atom stereocenters. The maximum absolute atomic E-state index is 2.68. The Hall–Kier alpha value is -4.28. The van der Waals surface area contributed by atoms with Crippen molar-refractivity contribution in [1.82, 2.24) is 0 Å². The van der Waals surface area contributed by atoms with E-state index in [1.807, 2.05) is 11.3 Å². The van der Waals surface area contributed by atoms with E-state index in [2.05, 4.69) is 198 Å². The average Bonchev–Trinajstić information content (AvgIpc) is 3.50. The number of hydrogen-bond acceptors (Lipinski definition) is 3. The highest BCUT2D eigenvalue weighted by Gasteiger charge is 2.46. The van der Waals surface area contributed by atoms with Crippen LogP contribution in [0.15, 0.2) is 91.0 Å². The minimum atomic E-state index is 0.0102. The second kappa shape index (κ2) is 12.4. The van der Waals surface area contributed by atoms with Crippen molar-refractivity contribution in [3.8, 4) is 0 Å². The van der Waals surface area contributed by atoms with E-state index in [0.717, 1.165) is 0 Å². The van der Waals surface area contributed by atoms with Gasteiger partial charge in [-0.15, -0.1) is 11.3 Å². The van der Waals surface area contributed by atoms with E-state index in [1.54, 1.807) is 0 Å². The summed E-state index contributed by atoms with van der Waals surface area (Å²) >= 11 is 2.00. The molecular weight excluding hydrogens is 707 g/mol. The zero-order valence-corrected chi connectivity index (χ0v) is 37.8. The van der Waals surface area contributed by atoms with Gasteiger partial charge in [-0.2, -0.15) is 0 Å². The fourth-order valence-corrected chi connectivity index (χ4v) is 11.2. The lowest BCUT2D eigenvalue weighted by Crippen LogP contribution is -2.60. The lowest BCUT2D eigenvalue weighted by Gasteiger charge is -2.45. The molecule has 1 aromatic heterocycles. The number of aryl methyl sites for hydroxylation is 1. The Morgan fingerprint density at radius 3 is 1.81 bits per heavy atom. The summed E-state index contributed by atoms with van der Waals surface area (Å²) in [6.07, 6.45) is 2.40. The van der Waals surface area contributed by atoms with Gasteiger partial charge in [0, 0.05) is 43.3 Å². The molecule has 292 valence electrons. The molecule has 9 rings (SSSR count). The summed E-state index contributed by atoms with van der Waals surface area (Å²) in [6.45, 7) is 33.2. The Morgan fingerprint density at radius 2 is 1.14 bits per heavy atom. The monoisotopic (exact) mass is 768 g/mol. The molecule has 0 unspecified atom stereocenters. The molecule has 0 saturated heterocycles. The molecule has 6 aromatic rings. The molecule has 0 bridgehead atoms. The predicted molar refractivity (Wildman–Crippen MR) is 252 cm³/mol. The maximum Gasteiger partial charge on any atom is 0.264 e. The molecule has 0 N–H and O–H groups in total. The van der Waals surface area contributed by atoms with Crippen LogP contribution in [0.5, 0.6) is 0 Å². The largest absolute Gasteiger partial charge is 0.311 e. The van der Waals surface area contributed by atoms with Crippen molar-refractivity contribution in [3.63, 3.8) is 0 Å². The number of nitrogens with zero attached hydrogens (tertiary/aromatic N) is 2. The Morgan fingerprint density at radius 1 is 0.561 bits per heavy atom. The first-order valence-corrected chi connectivity index (χ1v) is 22.1. The topological polar surface area (TPSA) is 6.48 Å². The molecule has 0 spiro atoms. The van der Waals surface area contributed by atoms with Gasteiger partial charge < -0.3 is 9.80 Å². The smallest absolute Gasteiger partial charge is 0.264 e. The third kappa shape index (κ3) is 6.02. The van der Waals surface area contributed by atoms with Crippen LogP contribution in [0.2, 0.25) is 0 Å². The fourth-order valence-electron chi connectivity index (χ4n) is 9.92. The van der Waals surface area contributed by atoms with Gasteiger partial charge in [0.1, 0.15) is 0 Å². The molecule has 57 heavy (non-hydrogen) atoms. The van der Waals surface area contributed by atoms with Crippen LogP contribution in [0, 0.1) is 6.92 Å². The minimum absolute atomic E-state index is 0.0102. The van der Waals surface area contributed by atoms with Crippen LogP contribution in [0.25, 0.3) is 10.1 Å². The van der Waals surface area contributed by atoms with Gasteiger partial charge in [-0.1, -0.05) is 126 Å². The first kappa shape index (κ1) is 38.3. The summed E-state index contributed by atoms with van der Waals surface area (Å²) in [4.78, 5) is 5.29. The molecule has 0 amide bonds. The van der Waals surface area contributed by atoms with Gasteiger partial charge >= 0.3 is 0 Å². The summed E-state index contributed by atoms with van der Waals surface area (Å²) in [7, 11) is 0. The van der Waals surface area contributed by atoms with Crippen LogP contribution in [-0.2, 0) is 27.1 Å². The van der Waals surface area contributed by atoms with Crippen molar-refractivity contribution >= 4 is 78.0 Å². The lowest BCUT2D eigenvalue weighted by atomic mass is 9.36. The Bertz CT molecular complexity index is 2620. The first-order valence-electron chi connectivity index (χ1n) is 21.3. The summed E-state index contributed by atoms with van der Waals surface area (Å²) in [6, 6.07) is 36.4. The highest BCUT2D eigenvalue weighted by molar-refractivity contribution is 7.33. The van der Waals surface area contributed by atoms with Crippen LogP contribution in [0.4, 0.5) is 34.1 Å². The van der Waals surface area contributed by atoms with E-state index in [9.17, 15) is 0 Å². The van der Waals surface area contributed by atoms with Crippen LogP contribution in [-0.4, -0.2) is 6.71 Å². The van der Waals surface area contributed by atoms with Crippen molar-refractivity contribution in [1.29, 1.82) is 0 Å². The molecule has 3 aliphatic rings. The van der Waals surface area contributed by atoms with Gasteiger partial charge in [-0.05, 0) is 146 Å². The third-order valence-electron chi connectivity index (χ3n) is 13.6. The third-order valence-corrected chi connectivity index (χ3v) is 14.8. The summed E-state index contributed by atoms with van der Waals surface area (Å²) in [5.74, 6) is 0. The second-order valence-corrected chi connectivity index (χ2v) is 23.0. The molecule has 2 aliphatic heterocycles. The molecule has 2 nitrogen and oxygen atoms in total. The Balaban J connectivity index is 1.40. The van der Waals surface area contributed by atoms with E-state index in [-0.39, 0.29) is 33.8 Å². The quantitative estimate of drug-likeness (QED) is 0.162. The van der Waals surface area contributed by atoms with Crippen molar-refractivity contribution in [3.05, 3.63) is 124 Å². The van der Waals surface area contributed by atoms with Gasteiger partial charge in [0.2, 0.25) is 0 Å². The highest BCUT2D eigenvalue weighted by atomic mass is 32.1. The van der Waals surface area contributed by atoms with Gasteiger partial charge in [0.25, 0.3) is 6.71 Å². The molecule has 0 radical (unpaired) electrons. The molecule has 3 heterocycles. The Labute approximate surface area is 347 Å². The highest BCUT2D eigenvalue weighted by Crippen LogP contribution is 2.52. The van der Waals surface area contributed by atoms with Gasteiger partial charge in [-0.25, -0.2) is 0 Å². The number of thiophene rings is 1. The predicted octanol–water partition coefficient (Wildman–Crippen LogP) is 13.5. The lowest BCUT2D eigenvalue weighted by molar-refractivity contribution is 0.332. The van der Waals surface area contributed by atoms with E-state index < -0.39 is 0 Å². The van der Waals surface area contributed by atoms with Gasteiger partial charge in [0.05, 0.1) is 5.69 Å². The van der Waals surface area contributed by atoms with Crippen molar-refractivity contribution in [2.75, 3.05) is 9.80 Å². The molecule has 4 heteroatoms. The van der Waals surface area contributed by atoms with E-state index in [1.165, 1.54) is 106 Å². The van der Waals surface area contributed by atoms with Crippen molar-refractivity contribution in [2.45, 2.75) is 137 Å². The molecule has 5 aromatic carbocycles. The van der Waals surface area contributed by atoms with Crippen molar-refractivity contribution in [2.24, 2.45) is 0 Å².